The third-order valence-electron chi connectivity index (χ3n) is 4.07. The Morgan fingerprint density at radius 1 is 1.21 bits per heavy atom. The van der Waals surface area contributed by atoms with Gasteiger partial charge < -0.3 is 10.3 Å². The Balaban J connectivity index is 1.77. The van der Waals surface area contributed by atoms with Crippen LogP contribution < -0.4 is 5.32 Å². The van der Waals surface area contributed by atoms with Crippen LogP contribution in [-0.2, 0) is 0 Å². The van der Waals surface area contributed by atoms with Crippen LogP contribution >= 0.6 is 0 Å². The molecule has 0 aliphatic heterocycles. The second-order valence-electron chi connectivity index (χ2n) is 5.24. The Bertz CT molecular complexity index is 513. The zero-order chi connectivity index (χ0) is 13.1. The summed E-state index contributed by atoms with van der Waals surface area (Å²) in [5.74, 6) is 1.52. The fourth-order valence-electron chi connectivity index (χ4n) is 2.85. The maximum atomic E-state index is 4.74. The molecule has 4 nitrogen and oxygen atoms in total. The highest BCUT2D eigenvalue weighted by Crippen LogP contribution is 2.31. The second-order valence-corrected chi connectivity index (χ2v) is 5.24. The number of nitrogens with zero attached hydrogens (tertiary/aromatic N) is 2. The maximum absolute atomic E-state index is 4.74. The summed E-state index contributed by atoms with van der Waals surface area (Å²) in [7, 11) is 2.05. The van der Waals surface area contributed by atoms with Crippen molar-refractivity contribution in [1.82, 2.24) is 20.3 Å². The third kappa shape index (κ3) is 2.68. The van der Waals surface area contributed by atoms with Crippen LogP contribution in [0.1, 0.15) is 37.4 Å². The standard InChI is InChI=1S/C15H20N4/c1-16-13-4-2-11(3-5-13)15-18-9-7-14(19-15)12-6-8-17-10-12/h6-11,13,16-17H,2-5H2,1H3. The van der Waals surface area contributed by atoms with Crippen LogP contribution in [0.2, 0.25) is 0 Å². The number of H-pyrrole nitrogens is 1. The Morgan fingerprint density at radius 2 is 2.05 bits per heavy atom. The fourth-order valence-corrected chi connectivity index (χ4v) is 2.85. The van der Waals surface area contributed by atoms with Gasteiger partial charge >= 0.3 is 0 Å². The summed E-state index contributed by atoms with van der Waals surface area (Å²) in [5.41, 5.74) is 2.15. The summed E-state index contributed by atoms with van der Waals surface area (Å²) in [6.45, 7) is 0. The zero-order valence-corrected chi connectivity index (χ0v) is 11.3. The molecule has 2 heterocycles. The average molecular weight is 256 g/mol. The van der Waals surface area contributed by atoms with Gasteiger partial charge in [-0.2, -0.15) is 0 Å². The molecule has 0 amide bonds. The van der Waals surface area contributed by atoms with Gasteiger partial charge in [-0.15, -0.1) is 0 Å². The van der Waals surface area contributed by atoms with Crippen LogP contribution in [0.4, 0.5) is 0 Å². The van der Waals surface area contributed by atoms with Gasteiger partial charge in [0.2, 0.25) is 0 Å². The highest BCUT2D eigenvalue weighted by atomic mass is 14.9. The smallest absolute Gasteiger partial charge is 0.132 e. The predicted molar refractivity (Wildman–Crippen MR) is 75.9 cm³/mol. The van der Waals surface area contributed by atoms with Gasteiger partial charge in [-0.1, -0.05) is 0 Å². The lowest BCUT2D eigenvalue weighted by molar-refractivity contribution is 0.350. The Morgan fingerprint density at radius 3 is 2.74 bits per heavy atom. The highest BCUT2D eigenvalue weighted by Gasteiger charge is 2.23. The molecule has 2 N–H and O–H groups in total. The van der Waals surface area contributed by atoms with Gasteiger partial charge in [-0.05, 0) is 44.9 Å². The van der Waals surface area contributed by atoms with Gasteiger partial charge in [0.1, 0.15) is 5.82 Å². The summed E-state index contributed by atoms with van der Waals surface area (Å²) in [6.07, 6.45) is 10.6. The molecule has 0 atom stereocenters. The molecule has 0 spiro atoms. The van der Waals surface area contributed by atoms with E-state index in [9.17, 15) is 0 Å². The fraction of sp³-hybridized carbons (Fsp3) is 0.467. The molecule has 1 saturated carbocycles. The van der Waals surface area contributed by atoms with Crippen molar-refractivity contribution < 1.29 is 0 Å². The third-order valence-corrected chi connectivity index (χ3v) is 4.07. The molecule has 2 aromatic heterocycles. The molecule has 1 fully saturated rings. The van der Waals surface area contributed by atoms with E-state index in [0.717, 1.165) is 17.1 Å². The molecule has 0 aromatic carbocycles. The van der Waals surface area contributed by atoms with Gasteiger partial charge in [0.25, 0.3) is 0 Å². The number of nitrogens with one attached hydrogen (secondary N) is 2. The van der Waals surface area contributed by atoms with Gasteiger partial charge in [0.15, 0.2) is 0 Å². The molecule has 100 valence electrons. The summed E-state index contributed by atoms with van der Waals surface area (Å²) in [6, 6.07) is 4.69. The molecule has 2 aromatic rings. The van der Waals surface area contributed by atoms with Gasteiger partial charge in [-0.3, -0.25) is 0 Å². The van der Waals surface area contributed by atoms with Crippen molar-refractivity contribution >= 4 is 0 Å². The lowest BCUT2D eigenvalue weighted by atomic mass is 9.85. The van der Waals surface area contributed by atoms with E-state index in [1.807, 2.05) is 37.8 Å². The van der Waals surface area contributed by atoms with Crippen molar-refractivity contribution in [3.63, 3.8) is 0 Å². The second kappa shape index (κ2) is 5.53. The SMILES string of the molecule is CNC1CCC(c2nccc(-c3cc[nH]c3)n2)CC1. The van der Waals surface area contributed by atoms with Crippen molar-refractivity contribution in [3.05, 3.63) is 36.5 Å². The highest BCUT2D eigenvalue weighted by molar-refractivity contribution is 5.57. The Labute approximate surface area is 113 Å². The van der Waals surface area contributed by atoms with Crippen LogP contribution in [0.15, 0.2) is 30.7 Å². The molecule has 1 aliphatic carbocycles. The van der Waals surface area contributed by atoms with Gasteiger partial charge in [0.05, 0.1) is 5.69 Å². The lowest BCUT2D eigenvalue weighted by Crippen LogP contribution is -2.29. The molecule has 0 bridgehead atoms. The van der Waals surface area contributed by atoms with Crippen LogP contribution in [-0.4, -0.2) is 28.0 Å². The lowest BCUT2D eigenvalue weighted by Gasteiger charge is -2.27. The van der Waals surface area contributed by atoms with E-state index in [2.05, 4.69) is 15.3 Å². The van der Waals surface area contributed by atoms with Crippen molar-refractivity contribution in [2.75, 3.05) is 7.05 Å². The topological polar surface area (TPSA) is 53.6 Å². The molecule has 3 rings (SSSR count). The van der Waals surface area contributed by atoms with E-state index >= 15 is 0 Å². The number of aromatic amines is 1. The first-order valence-corrected chi connectivity index (χ1v) is 7.00. The summed E-state index contributed by atoms with van der Waals surface area (Å²) >= 11 is 0. The molecule has 0 saturated heterocycles. The van der Waals surface area contributed by atoms with Crippen LogP contribution in [0.3, 0.4) is 0 Å². The molecular formula is C15H20N4. The monoisotopic (exact) mass is 256 g/mol. The quantitative estimate of drug-likeness (QED) is 0.887. The normalized spacial score (nSPS) is 23.4. The van der Waals surface area contributed by atoms with Crippen LogP contribution in [0.5, 0.6) is 0 Å². The van der Waals surface area contributed by atoms with E-state index in [0.29, 0.717) is 12.0 Å². The molecule has 0 unspecified atom stereocenters. The van der Waals surface area contributed by atoms with E-state index in [1.54, 1.807) is 0 Å². The van der Waals surface area contributed by atoms with Crippen molar-refractivity contribution in [1.29, 1.82) is 0 Å². The first-order chi connectivity index (χ1) is 9.36. The van der Waals surface area contributed by atoms with E-state index in [1.165, 1.54) is 25.7 Å². The van der Waals surface area contributed by atoms with E-state index in [-0.39, 0.29) is 0 Å². The average Bonchev–Trinajstić information content (AvgIpc) is 3.02. The predicted octanol–water partition coefficient (Wildman–Crippen LogP) is 2.72. The maximum Gasteiger partial charge on any atom is 0.132 e. The number of aromatic nitrogens is 3. The van der Waals surface area contributed by atoms with Crippen LogP contribution in [0.25, 0.3) is 11.3 Å². The number of hydrogen-bond donors (Lipinski definition) is 2. The van der Waals surface area contributed by atoms with E-state index < -0.39 is 0 Å². The molecule has 1 aliphatic rings. The molecule has 4 heteroatoms. The molecule has 0 radical (unpaired) electrons. The Kier molecular flexibility index (Phi) is 3.60. The van der Waals surface area contributed by atoms with Crippen molar-refractivity contribution in [2.45, 2.75) is 37.6 Å². The number of hydrogen-bond acceptors (Lipinski definition) is 3. The first-order valence-electron chi connectivity index (χ1n) is 7.00. The van der Waals surface area contributed by atoms with E-state index in [4.69, 9.17) is 4.98 Å². The van der Waals surface area contributed by atoms with Gasteiger partial charge in [-0.25, -0.2) is 9.97 Å². The summed E-state index contributed by atoms with van der Waals surface area (Å²) in [5, 5.41) is 3.36. The van der Waals surface area contributed by atoms with Crippen molar-refractivity contribution in [3.8, 4) is 11.3 Å². The molecule has 19 heavy (non-hydrogen) atoms. The minimum atomic E-state index is 0.517. The summed E-state index contributed by atoms with van der Waals surface area (Å²) < 4.78 is 0. The Hall–Kier alpha value is -1.68. The minimum absolute atomic E-state index is 0.517. The minimum Gasteiger partial charge on any atom is -0.367 e. The molecular weight excluding hydrogens is 236 g/mol. The largest absolute Gasteiger partial charge is 0.367 e. The zero-order valence-electron chi connectivity index (χ0n) is 11.3. The first kappa shape index (κ1) is 12.4. The van der Waals surface area contributed by atoms with Crippen molar-refractivity contribution in [2.24, 2.45) is 0 Å². The van der Waals surface area contributed by atoms with Crippen LogP contribution in [0, 0.1) is 0 Å². The summed E-state index contributed by atoms with van der Waals surface area (Å²) in [4.78, 5) is 12.3. The number of rotatable bonds is 3. The van der Waals surface area contributed by atoms with Gasteiger partial charge in [0, 0.05) is 36.1 Å².